The Hall–Kier alpha value is -5.16. The number of carbonyl (C=O) groups excluding carboxylic acids is 1. The molecule has 0 bridgehead atoms. The Balaban J connectivity index is 1.44. The zero-order valence-electron chi connectivity index (χ0n) is 29.1. The first-order chi connectivity index (χ1) is 24.2. The van der Waals surface area contributed by atoms with Crippen molar-refractivity contribution in [3.05, 3.63) is 70.9 Å². The molecule has 0 N–H and O–H groups in total. The minimum absolute atomic E-state index is 0.0381. The fourth-order valence-electron chi connectivity index (χ4n) is 7.28. The molecule has 2 atom stereocenters. The van der Waals surface area contributed by atoms with Crippen molar-refractivity contribution in [2.24, 2.45) is 0 Å². The third-order valence-electron chi connectivity index (χ3n) is 9.89. The maximum atomic E-state index is 15.1. The number of hydrogen-bond acceptors (Lipinski definition) is 8. The number of anilines is 1. The molecule has 5 heterocycles. The van der Waals surface area contributed by atoms with E-state index in [1.165, 1.54) is 6.07 Å². The molecule has 0 aliphatic carbocycles. The summed E-state index contributed by atoms with van der Waals surface area (Å²) in [4.78, 5) is 42.8. The maximum absolute atomic E-state index is 15.1. The predicted molar refractivity (Wildman–Crippen MR) is 188 cm³/mol. The fourth-order valence-corrected chi connectivity index (χ4v) is 7.28. The third kappa shape index (κ3) is 6.13. The lowest BCUT2D eigenvalue weighted by atomic mass is 9.95. The van der Waals surface area contributed by atoms with Gasteiger partial charge in [0.25, 0.3) is 5.56 Å². The zero-order chi connectivity index (χ0) is 36.4. The summed E-state index contributed by atoms with van der Waals surface area (Å²) in [5, 5.41) is 10.9. The predicted octanol–water partition coefficient (Wildman–Crippen LogP) is 6.51. The van der Waals surface area contributed by atoms with Crippen molar-refractivity contribution >= 4 is 44.6 Å². The molecule has 1 unspecified atom stereocenters. The van der Waals surface area contributed by atoms with Crippen LogP contribution in [0.2, 0.25) is 0 Å². The standard InChI is InChI=1S/C37H39F3N8O3/c1-36(2,3)51-35(50)46-16-14-24(17-23(46)13-15-41)47-21-42-31-32(47)27-18-29(37(38,39)40)48(28-12-8-10-22-9-6-7-11-26(22)28)34(49)30(27)43-33(31)45-19-25(20-45)44(4)5/h6-12,18,21,23-25H,13-14,16-17,19-20H2,1-5H3/t23-,24?/m1/s1. The first kappa shape index (κ1) is 34.3. The van der Waals surface area contributed by atoms with Gasteiger partial charge in [-0.3, -0.25) is 9.36 Å². The molecular weight excluding hydrogens is 661 g/mol. The van der Waals surface area contributed by atoms with Gasteiger partial charge in [-0.05, 0) is 65.2 Å². The monoisotopic (exact) mass is 700 g/mol. The number of alkyl halides is 3. The second-order valence-corrected chi connectivity index (χ2v) is 14.6. The maximum Gasteiger partial charge on any atom is 0.431 e. The van der Waals surface area contributed by atoms with Gasteiger partial charge in [0.05, 0.1) is 30.0 Å². The quantitative estimate of drug-likeness (QED) is 0.204. The molecule has 5 aromatic rings. The van der Waals surface area contributed by atoms with Crippen LogP contribution in [0.1, 0.15) is 51.8 Å². The first-order valence-corrected chi connectivity index (χ1v) is 17.0. The molecule has 0 spiro atoms. The van der Waals surface area contributed by atoms with Crippen molar-refractivity contribution in [3.8, 4) is 11.8 Å². The number of carbonyl (C=O) groups is 1. The summed E-state index contributed by atoms with van der Waals surface area (Å²) in [6, 6.07) is 14.5. The van der Waals surface area contributed by atoms with Crippen LogP contribution in [0.3, 0.4) is 0 Å². The van der Waals surface area contributed by atoms with Gasteiger partial charge in [-0.1, -0.05) is 36.4 Å². The highest BCUT2D eigenvalue weighted by atomic mass is 19.4. The molecule has 0 saturated carbocycles. The van der Waals surface area contributed by atoms with Gasteiger partial charge < -0.3 is 24.0 Å². The molecule has 0 radical (unpaired) electrons. The molecule has 2 aromatic carbocycles. The smallest absolute Gasteiger partial charge is 0.431 e. The second kappa shape index (κ2) is 12.6. The van der Waals surface area contributed by atoms with Crippen LogP contribution >= 0.6 is 0 Å². The number of likely N-dealkylation sites (tertiary alicyclic amines) is 1. The average Bonchev–Trinajstić information content (AvgIpc) is 3.49. The Morgan fingerprint density at radius 3 is 2.47 bits per heavy atom. The number of imidazole rings is 1. The SMILES string of the molecule is CN(C)C1CN(c2nc3c(=O)n(-c4cccc5ccccc45)c(C(F)(F)F)cc3c3c2ncn3C2CCN(C(=O)OC(C)(C)C)[C@H](CC#N)C2)C1. The number of piperidine rings is 1. The number of rotatable bonds is 5. The van der Waals surface area contributed by atoms with E-state index in [9.17, 15) is 14.9 Å². The van der Waals surface area contributed by atoms with E-state index in [0.717, 1.165) is 10.6 Å². The van der Waals surface area contributed by atoms with Crippen molar-refractivity contribution in [2.75, 3.05) is 38.6 Å². The Kier molecular flexibility index (Phi) is 8.45. The highest BCUT2D eigenvalue weighted by Crippen LogP contribution is 2.40. The van der Waals surface area contributed by atoms with Crippen molar-refractivity contribution in [1.29, 1.82) is 5.26 Å². The summed E-state index contributed by atoms with van der Waals surface area (Å²) in [7, 11) is 3.95. The molecule has 1 amide bonds. The van der Waals surface area contributed by atoms with E-state index in [1.54, 1.807) is 68.4 Å². The summed E-state index contributed by atoms with van der Waals surface area (Å²) in [5.74, 6) is 0.426. The minimum Gasteiger partial charge on any atom is -0.444 e. The molecule has 3 aromatic heterocycles. The van der Waals surface area contributed by atoms with Gasteiger partial charge in [0.15, 0.2) is 5.82 Å². The Labute approximate surface area is 292 Å². The van der Waals surface area contributed by atoms with Gasteiger partial charge in [0, 0.05) is 48.5 Å². The summed E-state index contributed by atoms with van der Waals surface area (Å²) in [5.41, 5.74) is -1.99. The van der Waals surface area contributed by atoms with Gasteiger partial charge in [0.2, 0.25) is 0 Å². The van der Waals surface area contributed by atoms with Crippen LogP contribution in [0.4, 0.5) is 23.8 Å². The van der Waals surface area contributed by atoms with Gasteiger partial charge >= 0.3 is 12.3 Å². The van der Waals surface area contributed by atoms with E-state index < -0.39 is 35.2 Å². The normalized spacial score (nSPS) is 18.8. The number of benzene rings is 2. The summed E-state index contributed by atoms with van der Waals surface area (Å²) in [6.45, 7) is 6.78. The Morgan fingerprint density at radius 1 is 1.06 bits per heavy atom. The Bertz CT molecular complexity index is 2250. The molecule has 2 saturated heterocycles. The number of likely N-dealkylation sites (N-methyl/N-ethyl adjacent to an activating group) is 1. The van der Waals surface area contributed by atoms with E-state index >= 15 is 13.2 Å². The molecule has 2 aliphatic rings. The molecule has 2 aliphatic heterocycles. The number of hydrogen-bond donors (Lipinski definition) is 0. The second-order valence-electron chi connectivity index (χ2n) is 14.6. The van der Waals surface area contributed by atoms with Crippen LogP contribution in [0.15, 0.2) is 59.7 Å². The number of nitrogens with zero attached hydrogens (tertiary/aromatic N) is 8. The molecule has 51 heavy (non-hydrogen) atoms. The van der Waals surface area contributed by atoms with Crippen molar-refractivity contribution in [2.45, 2.75) is 69.9 Å². The van der Waals surface area contributed by atoms with Gasteiger partial charge in [0.1, 0.15) is 22.3 Å². The number of pyridine rings is 2. The number of fused-ring (bicyclic) bond motifs is 4. The van der Waals surface area contributed by atoms with Crippen LogP contribution in [-0.2, 0) is 10.9 Å². The van der Waals surface area contributed by atoms with Crippen molar-refractivity contribution in [1.82, 2.24) is 28.9 Å². The van der Waals surface area contributed by atoms with Crippen LogP contribution in [0.25, 0.3) is 38.4 Å². The van der Waals surface area contributed by atoms with Crippen molar-refractivity contribution in [3.63, 3.8) is 0 Å². The zero-order valence-corrected chi connectivity index (χ0v) is 29.1. The number of nitriles is 1. The largest absolute Gasteiger partial charge is 0.444 e. The summed E-state index contributed by atoms with van der Waals surface area (Å²) in [6.07, 6.45) is -3.03. The van der Waals surface area contributed by atoms with Crippen LogP contribution in [-0.4, -0.2) is 86.4 Å². The molecular formula is C37H39F3N8O3. The summed E-state index contributed by atoms with van der Waals surface area (Å²) >= 11 is 0. The van der Waals surface area contributed by atoms with Crippen LogP contribution < -0.4 is 10.5 Å². The van der Waals surface area contributed by atoms with Crippen LogP contribution in [0.5, 0.6) is 0 Å². The molecule has 14 heteroatoms. The van der Waals surface area contributed by atoms with Gasteiger partial charge in [-0.15, -0.1) is 0 Å². The first-order valence-electron chi connectivity index (χ1n) is 17.0. The van der Waals surface area contributed by atoms with E-state index in [4.69, 9.17) is 14.7 Å². The van der Waals surface area contributed by atoms with Crippen LogP contribution in [0, 0.1) is 11.3 Å². The topological polar surface area (TPSA) is 113 Å². The lowest BCUT2D eigenvalue weighted by Gasteiger charge is -2.43. The molecule has 266 valence electrons. The lowest BCUT2D eigenvalue weighted by Crippen LogP contribution is -2.57. The lowest BCUT2D eigenvalue weighted by molar-refractivity contribution is -0.142. The van der Waals surface area contributed by atoms with Gasteiger partial charge in [-0.2, -0.15) is 18.4 Å². The summed E-state index contributed by atoms with van der Waals surface area (Å²) < 4.78 is 53.4. The number of ether oxygens (including phenoxy) is 1. The number of amides is 1. The molecule has 2 fully saturated rings. The van der Waals surface area contributed by atoms with E-state index in [0.29, 0.717) is 53.6 Å². The van der Waals surface area contributed by atoms with E-state index in [2.05, 4.69) is 11.0 Å². The van der Waals surface area contributed by atoms with Gasteiger partial charge in [-0.25, -0.2) is 14.8 Å². The fraction of sp³-hybridized carbons (Fsp3) is 0.432. The number of halogens is 3. The highest BCUT2D eigenvalue weighted by Gasteiger charge is 2.40. The third-order valence-corrected chi connectivity index (χ3v) is 9.89. The van der Waals surface area contributed by atoms with E-state index in [-0.39, 0.29) is 41.6 Å². The molecule has 11 nitrogen and oxygen atoms in total. The minimum atomic E-state index is -4.90. The Morgan fingerprint density at radius 2 is 1.78 bits per heavy atom. The van der Waals surface area contributed by atoms with Crippen molar-refractivity contribution < 1.29 is 22.7 Å². The number of aromatic nitrogens is 4. The molecule has 7 rings (SSSR count). The average molecular weight is 701 g/mol. The van der Waals surface area contributed by atoms with E-state index in [1.807, 2.05) is 23.6 Å². The highest BCUT2D eigenvalue weighted by molar-refractivity contribution is 6.07.